The molecule has 1 aromatic heterocycles. The van der Waals surface area contributed by atoms with Crippen LogP contribution >= 0.6 is 0 Å². The fourth-order valence-corrected chi connectivity index (χ4v) is 1.61. The van der Waals surface area contributed by atoms with Crippen LogP contribution < -0.4 is 5.32 Å². The fraction of sp³-hybridized carbons (Fsp3) is 0.385. The molecule has 2 aromatic rings. The van der Waals surface area contributed by atoms with Gasteiger partial charge in [-0.2, -0.15) is 4.98 Å². The van der Waals surface area contributed by atoms with Gasteiger partial charge in [-0.3, -0.25) is 0 Å². The van der Waals surface area contributed by atoms with Crippen LogP contribution in [0.2, 0.25) is 0 Å². The third-order valence-corrected chi connectivity index (χ3v) is 2.92. The number of anilines is 1. The van der Waals surface area contributed by atoms with Crippen LogP contribution in [-0.4, -0.2) is 17.2 Å². The molecule has 0 aliphatic rings. The lowest BCUT2D eigenvalue weighted by Gasteiger charge is -2.03. The lowest BCUT2D eigenvalue weighted by atomic mass is 10.1. The molecular formula is C13H17N3O. The van der Waals surface area contributed by atoms with Crippen LogP contribution in [0.1, 0.15) is 32.0 Å². The van der Waals surface area contributed by atoms with Gasteiger partial charge in [0, 0.05) is 18.7 Å². The molecule has 1 atom stereocenters. The minimum Gasteiger partial charge on any atom is -0.387 e. The molecule has 4 heteroatoms. The van der Waals surface area contributed by atoms with E-state index in [1.165, 1.54) is 0 Å². The summed E-state index contributed by atoms with van der Waals surface area (Å²) in [6.07, 6.45) is 1.01. The van der Waals surface area contributed by atoms with Crippen molar-refractivity contribution in [2.24, 2.45) is 0 Å². The largest absolute Gasteiger partial charge is 0.387 e. The summed E-state index contributed by atoms with van der Waals surface area (Å²) in [5, 5.41) is 7.14. The van der Waals surface area contributed by atoms with Gasteiger partial charge in [0.05, 0.1) is 5.56 Å². The second-order valence-electron chi connectivity index (χ2n) is 4.06. The Balaban J connectivity index is 2.37. The van der Waals surface area contributed by atoms with Crippen molar-refractivity contribution in [3.8, 4) is 11.5 Å². The van der Waals surface area contributed by atoms with E-state index in [9.17, 15) is 0 Å². The molecular weight excluding hydrogens is 214 g/mol. The van der Waals surface area contributed by atoms with Crippen molar-refractivity contribution in [3.05, 3.63) is 30.1 Å². The van der Waals surface area contributed by atoms with E-state index in [0.717, 1.165) is 23.5 Å². The molecule has 1 N–H and O–H groups in total. The molecule has 0 radical (unpaired) electrons. The minimum atomic E-state index is 0.328. The van der Waals surface area contributed by atoms with Gasteiger partial charge in [0.15, 0.2) is 5.82 Å². The van der Waals surface area contributed by atoms with Crippen molar-refractivity contribution in [2.45, 2.75) is 26.2 Å². The third-order valence-electron chi connectivity index (χ3n) is 2.92. The first-order chi connectivity index (χ1) is 8.26. The molecule has 4 nitrogen and oxygen atoms in total. The molecule has 0 spiro atoms. The van der Waals surface area contributed by atoms with Crippen molar-refractivity contribution >= 4 is 5.69 Å². The Hall–Kier alpha value is -1.84. The zero-order chi connectivity index (χ0) is 12.3. The third kappa shape index (κ3) is 2.30. The van der Waals surface area contributed by atoms with Gasteiger partial charge >= 0.3 is 0 Å². The Bertz CT molecular complexity index is 493. The van der Waals surface area contributed by atoms with Gasteiger partial charge < -0.3 is 9.84 Å². The number of benzene rings is 1. The van der Waals surface area contributed by atoms with Crippen molar-refractivity contribution in [2.75, 3.05) is 12.4 Å². The normalized spacial score (nSPS) is 12.4. The topological polar surface area (TPSA) is 51.0 Å². The van der Waals surface area contributed by atoms with Gasteiger partial charge in [-0.05, 0) is 18.6 Å². The van der Waals surface area contributed by atoms with E-state index in [4.69, 9.17) is 4.52 Å². The van der Waals surface area contributed by atoms with Crippen molar-refractivity contribution in [1.29, 1.82) is 0 Å². The second kappa shape index (κ2) is 4.99. The lowest BCUT2D eigenvalue weighted by Crippen LogP contribution is -1.94. The average Bonchev–Trinajstić information content (AvgIpc) is 2.87. The SMILES string of the molecule is CCC(C)c1noc(-c2ccccc2NC)n1. The molecule has 0 bridgehead atoms. The maximum absolute atomic E-state index is 5.32. The zero-order valence-electron chi connectivity index (χ0n) is 10.4. The Morgan fingerprint density at radius 1 is 1.35 bits per heavy atom. The Morgan fingerprint density at radius 2 is 2.12 bits per heavy atom. The summed E-state index contributed by atoms with van der Waals surface area (Å²) in [5.74, 6) is 1.67. The highest BCUT2D eigenvalue weighted by atomic mass is 16.5. The van der Waals surface area contributed by atoms with E-state index < -0.39 is 0 Å². The molecule has 2 rings (SSSR count). The van der Waals surface area contributed by atoms with Gasteiger partial charge in [-0.25, -0.2) is 0 Å². The summed E-state index contributed by atoms with van der Waals surface area (Å²) in [4.78, 5) is 4.44. The second-order valence-corrected chi connectivity index (χ2v) is 4.06. The van der Waals surface area contributed by atoms with Crippen molar-refractivity contribution < 1.29 is 4.52 Å². The number of para-hydroxylation sites is 1. The lowest BCUT2D eigenvalue weighted by molar-refractivity contribution is 0.416. The molecule has 0 amide bonds. The minimum absolute atomic E-state index is 0.328. The number of nitrogens with zero attached hydrogens (tertiary/aromatic N) is 2. The predicted molar refractivity (Wildman–Crippen MR) is 68.0 cm³/mol. The first-order valence-electron chi connectivity index (χ1n) is 5.87. The molecule has 17 heavy (non-hydrogen) atoms. The van der Waals surface area contributed by atoms with Crippen LogP contribution in [0, 0.1) is 0 Å². The summed E-state index contributed by atoms with van der Waals surface area (Å²) in [7, 11) is 1.88. The standard InChI is InChI=1S/C13H17N3O/c1-4-9(2)12-15-13(17-16-12)10-7-5-6-8-11(10)14-3/h5-9,14H,4H2,1-3H3. The molecule has 0 saturated heterocycles. The van der Waals surface area contributed by atoms with Gasteiger partial charge in [0.2, 0.25) is 0 Å². The van der Waals surface area contributed by atoms with Gasteiger partial charge in [0.25, 0.3) is 5.89 Å². The summed E-state index contributed by atoms with van der Waals surface area (Å²) in [6, 6.07) is 7.90. The van der Waals surface area contributed by atoms with E-state index in [1.54, 1.807) is 0 Å². The van der Waals surface area contributed by atoms with Gasteiger partial charge in [-0.1, -0.05) is 31.1 Å². The quantitative estimate of drug-likeness (QED) is 0.877. The number of nitrogens with one attached hydrogen (secondary N) is 1. The maximum atomic E-state index is 5.32. The van der Waals surface area contributed by atoms with Gasteiger partial charge in [0.1, 0.15) is 0 Å². The summed E-state index contributed by atoms with van der Waals surface area (Å²) >= 11 is 0. The number of rotatable bonds is 4. The van der Waals surface area contributed by atoms with Gasteiger partial charge in [-0.15, -0.1) is 0 Å². The molecule has 0 aliphatic heterocycles. The molecule has 1 unspecified atom stereocenters. The van der Waals surface area contributed by atoms with E-state index in [0.29, 0.717) is 11.8 Å². The summed E-state index contributed by atoms with van der Waals surface area (Å²) < 4.78 is 5.32. The first kappa shape index (κ1) is 11.6. The zero-order valence-corrected chi connectivity index (χ0v) is 10.4. The first-order valence-corrected chi connectivity index (χ1v) is 5.87. The molecule has 0 aliphatic carbocycles. The van der Waals surface area contributed by atoms with Crippen LogP contribution in [0.3, 0.4) is 0 Å². The maximum Gasteiger partial charge on any atom is 0.260 e. The highest BCUT2D eigenvalue weighted by Gasteiger charge is 2.15. The van der Waals surface area contributed by atoms with Crippen molar-refractivity contribution in [3.63, 3.8) is 0 Å². The number of hydrogen-bond donors (Lipinski definition) is 1. The smallest absolute Gasteiger partial charge is 0.260 e. The Labute approximate surface area is 101 Å². The fourth-order valence-electron chi connectivity index (χ4n) is 1.61. The highest BCUT2D eigenvalue weighted by molar-refractivity contribution is 5.72. The molecule has 1 heterocycles. The average molecular weight is 231 g/mol. The molecule has 1 aromatic carbocycles. The Kier molecular flexibility index (Phi) is 3.42. The molecule has 90 valence electrons. The number of aromatic nitrogens is 2. The van der Waals surface area contributed by atoms with Crippen LogP contribution in [0.25, 0.3) is 11.5 Å². The number of hydrogen-bond acceptors (Lipinski definition) is 4. The van der Waals surface area contributed by atoms with Crippen molar-refractivity contribution in [1.82, 2.24) is 10.1 Å². The molecule has 0 fully saturated rings. The van der Waals surface area contributed by atoms with E-state index in [-0.39, 0.29) is 0 Å². The summed E-state index contributed by atoms with van der Waals surface area (Å²) in [5.41, 5.74) is 1.93. The monoisotopic (exact) mass is 231 g/mol. The van der Waals surface area contributed by atoms with Crippen LogP contribution in [-0.2, 0) is 0 Å². The van der Waals surface area contributed by atoms with Crippen LogP contribution in [0.15, 0.2) is 28.8 Å². The predicted octanol–water partition coefficient (Wildman–Crippen LogP) is 3.29. The highest BCUT2D eigenvalue weighted by Crippen LogP contribution is 2.27. The van der Waals surface area contributed by atoms with E-state index >= 15 is 0 Å². The van der Waals surface area contributed by atoms with E-state index in [2.05, 4.69) is 29.3 Å². The van der Waals surface area contributed by atoms with Crippen LogP contribution in [0.5, 0.6) is 0 Å². The molecule has 0 saturated carbocycles. The summed E-state index contributed by atoms with van der Waals surface area (Å²) in [6.45, 7) is 4.21. The Morgan fingerprint density at radius 3 is 2.82 bits per heavy atom. The van der Waals surface area contributed by atoms with E-state index in [1.807, 2.05) is 31.3 Å². The van der Waals surface area contributed by atoms with Crippen LogP contribution in [0.4, 0.5) is 5.69 Å².